The van der Waals surface area contributed by atoms with E-state index in [9.17, 15) is 0 Å². The molecule has 0 unspecified atom stereocenters. The normalized spacial score (nSPS) is 14.9. The lowest BCUT2D eigenvalue weighted by atomic mass is 10.3. The van der Waals surface area contributed by atoms with Crippen LogP contribution in [0.2, 0.25) is 0 Å². The van der Waals surface area contributed by atoms with E-state index in [4.69, 9.17) is 14.2 Å². The van der Waals surface area contributed by atoms with Gasteiger partial charge in [-0.3, -0.25) is 0 Å². The fourth-order valence-corrected chi connectivity index (χ4v) is 0.879. The molecule has 0 aromatic heterocycles. The van der Waals surface area contributed by atoms with Gasteiger partial charge in [0.1, 0.15) is 0 Å². The van der Waals surface area contributed by atoms with Gasteiger partial charge in [-0.1, -0.05) is 12.2 Å². The summed E-state index contributed by atoms with van der Waals surface area (Å²) in [5, 5.41) is 0. The van der Waals surface area contributed by atoms with Crippen LogP contribution in [0.4, 0.5) is 0 Å². The molecule has 0 aliphatic heterocycles. The third-order valence-electron chi connectivity index (χ3n) is 1.54. The lowest BCUT2D eigenvalue weighted by molar-refractivity contribution is -0.0320. The third kappa shape index (κ3) is 5.58. The molecule has 2 atom stereocenters. The molecule has 0 radical (unpaired) electrons. The first-order valence-corrected chi connectivity index (χ1v) is 4.16. The predicted molar refractivity (Wildman–Crippen MR) is 52.8 cm³/mol. The largest absolute Gasteiger partial charge is 0.382 e. The summed E-state index contributed by atoms with van der Waals surface area (Å²) in [6, 6.07) is 0. The zero-order chi connectivity index (χ0) is 10.1. The van der Waals surface area contributed by atoms with Gasteiger partial charge in [-0.2, -0.15) is 0 Å². The first kappa shape index (κ1) is 12.4. The van der Waals surface area contributed by atoms with E-state index in [-0.39, 0.29) is 12.2 Å². The smallest absolute Gasteiger partial charge is 0.0995 e. The average Bonchev–Trinajstić information content (AvgIpc) is 2.16. The van der Waals surface area contributed by atoms with Gasteiger partial charge in [0.05, 0.1) is 25.4 Å². The van der Waals surface area contributed by atoms with Crippen molar-refractivity contribution in [1.82, 2.24) is 0 Å². The van der Waals surface area contributed by atoms with Crippen molar-refractivity contribution in [1.29, 1.82) is 0 Å². The van der Waals surface area contributed by atoms with E-state index < -0.39 is 0 Å². The third-order valence-corrected chi connectivity index (χ3v) is 1.54. The summed E-state index contributed by atoms with van der Waals surface area (Å²) in [7, 11) is 3.25. The van der Waals surface area contributed by atoms with Crippen molar-refractivity contribution in [2.45, 2.75) is 12.2 Å². The molecule has 0 amide bonds. The zero-order valence-electron chi connectivity index (χ0n) is 8.36. The minimum Gasteiger partial charge on any atom is -0.382 e. The molecule has 0 bridgehead atoms. The van der Waals surface area contributed by atoms with Gasteiger partial charge in [-0.15, -0.1) is 13.2 Å². The van der Waals surface area contributed by atoms with Crippen LogP contribution in [-0.2, 0) is 14.2 Å². The summed E-state index contributed by atoms with van der Waals surface area (Å²) in [5.74, 6) is 0. The van der Waals surface area contributed by atoms with Crippen molar-refractivity contribution >= 4 is 0 Å². The Bertz CT molecular complexity index is 129. The summed E-state index contributed by atoms with van der Waals surface area (Å²) >= 11 is 0. The van der Waals surface area contributed by atoms with E-state index in [1.165, 1.54) is 0 Å². The van der Waals surface area contributed by atoms with Gasteiger partial charge in [0, 0.05) is 14.2 Å². The van der Waals surface area contributed by atoms with E-state index in [0.717, 1.165) is 0 Å². The lowest BCUT2D eigenvalue weighted by Crippen LogP contribution is -2.25. The second kappa shape index (κ2) is 7.98. The molecule has 0 aromatic carbocycles. The molecule has 3 heteroatoms. The van der Waals surface area contributed by atoms with Crippen molar-refractivity contribution in [2.75, 3.05) is 27.4 Å². The number of rotatable bonds is 8. The van der Waals surface area contributed by atoms with Crippen LogP contribution >= 0.6 is 0 Å². The quantitative estimate of drug-likeness (QED) is 0.536. The Hall–Kier alpha value is -0.640. The molecular formula is C10H18O3. The van der Waals surface area contributed by atoms with Gasteiger partial charge in [-0.25, -0.2) is 0 Å². The van der Waals surface area contributed by atoms with Crippen LogP contribution < -0.4 is 0 Å². The maximum Gasteiger partial charge on any atom is 0.0995 e. The second-order valence-electron chi connectivity index (χ2n) is 2.60. The van der Waals surface area contributed by atoms with E-state index in [0.29, 0.717) is 13.2 Å². The summed E-state index contributed by atoms with van der Waals surface area (Å²) in [6.07, 6.45) is 3.19. The molecule has 0 saturated heterocycles. The Morgan fingerprint density at radius 2 is 1.38 bits per heavy atom. The fourth-order valence-electron chi connectivity index (χ4n) is 0.879. The minimum absolute atomic E-state index is 0.108. The zero-order valence-corrected chi connectivity index (χ0v) is 8.36. The van der Waals surface area contributed by atoms with Crippen molar-refractivity contribution in [2.24, 2.45) is 0 Å². The standard InChI is InChI=1S/C10H18O3/c1-5-9(7-11-3)13-10(6-2)8-12-4/h5-6,9-10H,1-2,7-8H2,3-4H3/t9-,10-/m1/s1. The molecule has 0 rings (SSSR count). The lowest BCUT2D eigenvalue weighted by Gasteiger charge is -2.18. The van der Waals surface area contributed by atoms with E-state index in [2.05, 4.69) is 13.2 Å². The molecule has 0 saturated carbocycles. The van der Waals surface area contributed by atoms with E-state index >= 15 is 0 Å². The van der Waals surface area contributed by atoms with Gasteiger partial charge in [0.15, 0.2) is 0 Å². The van der Waals surface area contributed by atoms with Gasteiger partial charge < -0.3 is 14.2 Å². The molecule has 76 valence electrons. The number of hydrogen-bond donors (Lipinski definition) is 0. The first-order chi connectivity index (χ1) is 6.28. The molecule has 3 nitrogen and oxygen atoms in total. The molecule has 0 heterocycles. The van der Waals surface area contributed by atoms with Crippen LogP contribution in [0.15, 0.2) is 25.3 Å². The predicted octanol–water partition coefficient (Wildman–Crippen LogP) is 1.41. The van der Waals surface area contributed by atoms with Gasteiger partial charge in [-0.05, 0) is 0 Å². The molecule has 0 N–H and O–H groups in total. The summed E-state index contributed by atoms with van der Waals surface area (Å²) in [5.41, 5.74) is 0. The highest BCUT2D eigenvalue weighted by atomic mass is 16.6. The number of ether oxygens (including phenoxy) is 3. The summed E-state index contributed by atoms with van der Waals surface area (Å²) < 4.78 is 15.4. The van der Waals surface area contributed by atoms with Crippen LogP contribution in [0.1, 0.15) is 0 Å². The maximum absolute atomic E-state index is 5.54. The van der Waals surface area contributed by atoms with Crippen molar-refractivity contribution in [3.63, 3.8) is 0 Å². The van der Waals surface area contributed by atoms with Gasteiger partial charge >= 0.3 is 0 Å². The fraction of sp³-hybridized carbons (Fsp3) is 0.600. The molecule has 0 spiro atoms. The summed E-state index contributed by atoms with van der Waals surface area (Å²) in [4.78, 5) is 0. The molecule has 13 heavy (non-hydrogen) atoms. The Morgan fingerprint density at radius 3 is 1.62 bits per heavy atom. The molecular weight excluding hydrogens is 168 g/mol. The van der Waals surface area contributed by atoms with Gasteiger partial charge in [0.25, 0.3) is 0 Å². The highest BCUT2D eigenvalue weighted by molar-refractivity contribution is 4.86. The monoisotopic (exact) mass is 186 g/mol. The van der Waals surface area contributed by atoms with E-state index in [1.54, 1.807) is 26.4 Å². The van der Waals surface area contributed by atoms with Crippen LogP contribution in [0.3, 0.4) is 0 Å². The number of methoxy groups -OCH3 is 2. The van der Waals surface area contributed by atoms with Crippen LogP contribution in [0.5, 0.6) is 0 Å². The second-order valence-corrected chi connectivity index (χ2v) is 2.60. The van der Waals surface area contributed by atoms with Crippen molar-refractivity contribution in [3.8, 4) is 0 Å². The van der Waals surface area contributed by atoms with Crippen molar-refractivity contribution < 1.29 is 14.2 Å². The number of hydrogen-bond acceptors (Lipinski definition) is 3. The van der Waals surface area contributed by atoms with Crippen molar-refractivity contribution in [3.05, 3.63) is 25.3 Å². The molecule has 0 aliphatic carbocycles. The SMILES string of the molecule is C=C[C@H](COC)O[C@H](C=C)COC. The van der Waals surface area contributed by atoms with Crippen LogP contribution in [-0.4, -0.2) is 39.6 Å². The first-order valence-electron chi connectivity index (χ1n) is 4.16. The Labute approximate surface area is 80.0 Å². The Balaban J connectivity index is 3.86. The Kier molecular flexibility index (Phi) is 7.59. The van der Waals surface area contributed by atoms with E-state index in [1.807, 2.05) is 0 Å². The molecule has 0 aliphatic rings. The highest BCUT2D eigenvalue weighted by Gasteiger charge is 2.10. The van der Waals surface area contributed by atoms with Crippen LogP contribution in [0, 0.1) is 0 Å². The van der Waals surface area contributed by atoms with Gasteiger partial charge in [0.2, 0.25) is 0 Å². The minimum atomic E-state index is -0.108. The Morgan fingerprint density at radius 1 is 1.00 bits per heavy atom. The highest BCUT2D eigenvalue weighted by Crippen LogP contribution is 2.02. The topological polar surface area (TPSA) is 27.7 Å². The molecule has 0 aromatic rings. The average molecular weight is 186 g/mol. The van der Waals surface area contributed by atoms with Crippen LogP contribution in [0.25, 0.3) is 0 Å². The maximum atomic E-state index is 5.54. The summed E-state index contributed by atoms with van der Waals surface area (Å²) in [6.45, 7) is 8.29. The molecule has 0 fully saturated rings.